The van der Waals surface area contributed by atoms with Crippen LogP contribution in [0.25, 0.3) is 0 Å². The second kappa shape index (κ2) is 10.5. The number of carboxylic acid groups (broad SMARTS) is 1. The molecule has 32 heavy (non-hydrogen) atoms. The fourth-order valence-corrected chi connectivity index (χ4v) is 3.26. The molecule has 1 atom stereocenters. The molecular formula is C21H21N3O8. The number of carbonyl (C=O) groups is 5. The summed E-state index contributed by atoms with van der Waals surface area (Å²) in [6, 6.07) is 3.58. The molecule has 2 heterocycles. The summed E-state index contributed by atoms with van der Waals surface area (Å²) < 4.78 is 10.5. The van der Waals surface area contributed by atoms with Gasteiger partial charge >= 0.3 is 6.09 Å². The third-order valence-electron chi connectivity index (χ3n) is 4.74. The number of nitrogens with zero attached hydrogens (tertiary/aromatic N) is 1. The molecule has 0 saturated carbocycles. The lowest BCUT2D eigenvalue weighted by molar-refractivity contribution is -0.136. The highest BCUT2D eigenvalue weighted by atomic mass is 16.5. The summed E-state index contributed by atoms with van der Waals surface area (Å²) in [5, 5.41) is 12.7. The molecule has 1 fully saturated rings. The van der Waals surface area contributed by atoms with Crippen LogP contribution < -0.4 is 10.6 Å². The molecule has 1 aromatic rings. The van der Waals surface area contributed by atoms with Crippen LogP contribution in [0.1, 0.15) is 39.1 Å². The first kappa shape index (κ1) is 22.9. The van der Waals surface area contributed by atoms with Gasteiger partial charge in [-0.1, -0.05) is 11.8 Å². The van der Waals surface area contributed by atoms with Crippen molar-refractivity contribution < 1.29 is 38.6 Å². The van der Waals surface area contributed by atoms with Crippen molar-refractivity contribution >= 4 is 29.7 Å². The predicted octanol–water partition coefficient (Wildman–Crippen LogP) is -0.260. The van der Waals surface area contributed by atoms with E-state index >= 15 is 0 Å². The molecule has 2 aliphatic rings. The van der Waals surface area contributed by atoms with E-state index in [4.69, 9.17) is 14.6 Å². The Hall–Kier alpha value is -3.75. The van der Waals surface area contributed by atoms with Gasteiger partial charge in [0.15, 0.2) is 0 Å². The number of ether oxygens (including phenoxy) is 2. The van der Waals surface area contributed by atoms with Gasteiger partial charge in [0.2, 0.25) is 11.8 Å². The van der Waals surface area contributed by atoms with Gasteiger partial charge in [0.25, 0.3) is 11.8 Å². The average molecular weight is 443 g/mol. The lowest BCUT2D eigenvalue weighted by atomic mass is 10.0. The minimum atomic E-state index is -1.11. The van der Waals surface area contributed by atoms with Crippen LogP contribution in [-0.4, -0.2) is 78.7 Å². The molecule has 0 spiro atoms. The molecule has 0 bridgehead atoms. The van der Waals surface area contributed by atoms with Gasteiger partial charge in [-0.05, 0) is 24.6 Å². The van der Waals surface area contributed by atoms with Gasteiger partial charge in [0.1, 0.15) is 12.6 Å². The van der Waals surface area contributed by atoms with Gasteiger partial charge in [-0.3, -0.25) is 29.4 Å². The Kier molecular flexibility index (Phi) is 7.54. The maximum Gasteiger partial charge on any atom is 0.404 e. The summed E-state index contributed by atoms with van der Waals surface area (Å²) in [4.78, 5) is 60.0. The molecule has 11 heteroatoms. The monoisotopic (exact) mass is 443 g/mol. The quantitative estimate of drug-likeness (QED) is 0.282. The number of amides is 5. The van der Waals surface area contributed by atoms with Gasteiger partial charge in [0.05, 0.1) is 30.9 Å². The number of piperidine rings is 1. The second-order valence-corrected chi connectivity index (χ2v) is 6.91. The van der Waals surface area contributed by atoms with Crippen molar-refractivity contribution in [2.75, 3.05) is 33.0 Å². The first-order valence-electron chi connectivity index (χ1n) is 9.85. The summed E-state index contributed by atoms with van der Waals surface area (Å²) in [6.45, 7) is 1.10. The Labute approximate surface area is 183 Å². The highest BCUT2D eigenvalue weighted by Gasteiger charge is 2.44. The van der Waals surface area contributed by atoms with Gasteiger partial charge in [-0.25, -0.2) is 4.79 Å². The highest BCUT2D eigenvalue weighted by molar-refractivity contribution is 6.23. The molecule has 168 valence electrons. The zero-order chi connectivity index (χ0) is 23.1. The summed E-state index contributed by atoms with van der Waals surface area (Å²) in [5.74, 6) is 3.40. The fraction of sp³-hybridized carbons (Fsp3) is 0.381. The van der Waals surface area contributed by atoms with E-state index in [0.717, 1.165) is 4.90 Å². The maximum atomic E-state index is 12.8. The second-order valence-electron chi connectivity index (χ2n) is 6.91. The van der Waals surface area contributed by atoms with Crippen LogP contribution >= 0.6 is 0 Å². The third-order valence-corrected chi connectivity index (χ3v) is 4.74. The standard InChI is InChI=1S/C21H21N3O8/c25-17-6-5-16(18(26)23-17)24-19(27)14-4-3-13(12-15(14)20(24)28)2-1-8-31-10-11-32-9-7-22-21(29)30/h3-4,12,16,22H,5-11H2,(H,29,30)(H,23,25,26). The van der Waals surface area contributed by atoms with Gasteiger partial charge in [-0.2, -0.15) is 0 Å². The van der Waals surface area contributed by atoms with Crippen molar-refractivity contribution in [3.05, 3.63) is 34.9 Å². The average Bonchev–Trinajstić information content (AvgIpc) is 2.99. The number of fused-ring (bicyclic) bond motifs is 1. The first-order chi connectivity index (χ1) is 15.4. The highest BCUT2D eigenvalue weighted by Crippen LogP contribution is 2.28. The summed E-state index contributed by atoms with van der Waals surface area (Å²) in [5.41, 5.74) is 0.862. The smallest absolute Gasteiger partial charge is 0.404 e. The maximum absolute atomic E-state index is 12.8. The molecule has 3 rings (SSSR count). The Morgan fingerprint density at radius 2 is 1.88 bits per heavy atom. The summed E-state index contributed by atoms with van der Waals surface area (Å²) in [6.07, 6.45) is -0.952. The van der Waals surface area contributed by atoms with Crippen molar-refractivity contribution in [3.8, 4) is 11.8 Å². The van der Waals surface area contributed by atoms with Crippen LogP contribution in [0.5, 0.6) is 0 Å². The normalized spacial score (nSPS) is 17.5. The lowest BCUT2D eigenvalue weighted by Crippen LogP contribution is -2.54. The summed E-state index contributed by atoms with van der Waals surface area (Å²) >= 11 is 0. The van der Waals surface area contributed by atoms with Crippen LogP contribution in [0.15, 0.2) is 18.2 Å². The molecule has 1 unspecified atom stereocenters. The van der Waals surface area contributed by atoms with Crippen molar-refractivity contribution in [2.24, 2.45) is 0 Å². The Morgan fingerprint density at radius 1 is 1.12 bits per heavy atom. The van der Waals surface area contributed by atoms with Gasteiger partial charge in [-0.15, -0.1) is 0 Å². The fourth-order valence-electron chi connectivity index (χ4n) is 3.26. The van der Waals surface area contributed by atoms with E-state index in [2.05, 4.69) is 22.5 Å². The predicted molar refractivity (Wildman–Crippen MR) is 108 cm³/mol. The minimum Gasteiger partial charge on any atom is -0.465 e. The van der Waals surface area contributed by atoms with Crippen LogP contribution in [0.3, 0.4) is 0 Å². The summed E-state index contributed by atoms with van der Waals surface area (Å²) in [7, 11) is 0. The SMILES string of the molecule is O=C(O)NCCOCCOCC#Cc1ccc2c(c1)C(=O)N(C1CCC(=O)NC1=O)C2=O. The number of imide groups is 2. The molecule has 3 N–H and O–H groups in total. The molecule has 0 aliphatic carbocycles. The number of benzene rings is 1. The largest absolute Gasteiger partial charge is 0.465 e. The molecule has 0 aromatic heterocycles. The molecule has 1 saturated heterocycles. The van der Waals surface area contributed by atoms with Crippen molar-refractivity contribution in [1.82, 2.24) is 15.5 Å². The molecular weight excluding hydrogens is 422 g/mol. The Bertz CT molecular complexity index is 1010. The molecule has 11 nitrogen and oxygen atoms in total. The number of hydrogen-bond acceptors (Lipinski definition) is 7. The number of nitrogens with one attached hydrogen (secondary N) is 2. The van der Waals surface area contributed by atoms with Gasteiger partial charge in [0, 0.05) is 18.5 Å². The Balaban J connectivity index is 1.50. The number of hydrogen-bond donors (Lipinski definition) is 3. The van der Waals surface area contributed by atoms with E-state index in [-0.39, 0.29) is 56.9 Å². The van der Waals surface area contributed by atoms with Crippen LogP contribution in [0.2, 0.25) is 0 Å². The zero-order valence-corrected chi connectivity index (χ0v) is 17.0. The zero-order valence-electron chi connectivity index (χ0n) is 17.0. The topological polar surface area (TPSA) is 151 Å². The van der Waals surface area contributed by atoms with Crippen molar-refractivity contribution in [3.63, 3.8) is 0 Å². The van der Waals surface area contributed by atoms with E-state index in [0.29, 0.717) is 5.56 Å². The van der Waals surface area contributed by atoms with Gasteiger partial charge < -0.3 is 19.9 Å². The van der Waals surface area contributed by atoms with Crippen molar-refractivity contribution in [1.29, 1.82) is 0 Å². The number of rotatable bonds is 8. The van der Waals surface area contributed by atoms with E-state index < -0.39 is 35.8 Å². The lowest BCUT2D eigenvalue weighted by Gasteiger charge is -2.27. The van der Waals surface area contributed by atoms with Crippen molar-refractivity contribution in [2.45, 2.75) is 18.9 Å². The van der Waals surface area contributed by atoms with E-state index in [9.17, 15) is 24.0 Å². The first-order valence-corrected chi connectivity index (χ1v) is 9.85. The molecule has 2 aliphatic heterocycles. The van der Waals surface area contributed by atoms with Crippen LogP contribution in [0.4, 0.5) is 4.79 Å². The minimum absolute atomic E-state index is 0.0603. The van der Waals surface area contributed by atoms with E-state index in [1.165, 1.54) is 12.1 Å². The Morgan fingerprint density at radius 3 is 2.62 bits per heavy atom. The number of carbonyl (C=O) groups excluding carboxylic acids is 4. The molecule has 0 radical (unpaired) electrons. The molecule has 1 aromatic carbocycles. The molecule has 5 amide bonds. The van der Waals surface area contributed by atoms with E-state index in [1.54, 1.807) is 6.07 Å². The van der Waals surface area contributed by atoms with Crippen LogP contribution in [0, 0.1) is 11.8 Å². The van der Waals surface area contributed by atoms with Crippen LogP contribution in [-0.2, 0) is 19.1 Å². The third kappa shape index (κ3) is 5.48. The van der Waals surface area contributed by atoms with E-state index in [1.807, 2.05) is 0 Å².